The molecule has 1 amide bonds. The van der Waals surface area contributed by atoms with Crippen molar-refractivity contribution in [3.8, 4) is 11.5 Å². The summed E-state index contributed by atoms with van der Waals surface area (Å²) in [5, 5.41) is 3.46. The van der Waals surface area contributed by atoms with Crippen LogP contribution in [0.3, 0.4) is 0 Å². The van der Waals surface area contributed by atoms with Crippen LogP contribution >= 0.6 is 11.3 Å². The molecule has 0 atom stereocenters. The molecule has 7 nitrogen and oxygen atoms in total. The number of hydrogen-bond donors (Lipinski definition) is 1. The van der Waals surface area contributed by atoms with Gasteiger partial charge in [0.05, 0.1) is 24.5 Å². The molecule has 4 rings (SSSR count). The first-order chi connectivity index (χ1) is 17.0. The molecule has 0 fully saturated rings. The number of ketones is 1. The smallest absolute Gasteiger partial charge is 0.258 e. The number of likely N-dealkylation sites (N-methyl/N-ethyl adjacent to an activating group) is 1. The molecular weight excluding hydrogens is 462 g/mol. The standard InChI is InChI=1S/C27H31N3O4S/c1-4-14-33-22-11-10-18(16-23(22)34-15-5-2)25(31)19-8-6-7-9-20(19)26(32)29-27-28-21-12-13-30(3)17-24(21)35-27/h6-11,16H,4-5,12-15,17H2,1-3H3,(H,28,29,32). The molecule has 1 aliphatic heterocycles. The van der Waals surface area contributed by atoms with E-state index in [4.69, 9.17) is 9.47 Å². The molecule has 0 unspecified atom stereocenters. The summed E-state index contributed by atoms with van der Waals surface area (Å²) in [6.07, 6.45) is 2.58. The van der Waals surface area contributed by atoms with Crippen molar-refractivity contribution < 1.29 is 19.1 Å². The monoisotopic (exact) mass is 493 g/mol. The third kappa shape index (κ3) is 5.89. The van der Waals surface area contributed by atoms with Crippen molar-refractivity contribution in [2.45, 2.75) is 39.7 Å². The molecule has 0 bridgehead atoms. The van der Waals surface area contributed by atoms with Crippen LogP contribution < -0.4 is 14.8 Å². The van der Waals surface area contributed by atoms with E-state index in [0.717, 1.165) is 38.0 Å². The highest BCUT2D eigenvalue weighted by molar-refractivity contribution is 7.15. The number of nitrogens with zero attached hydrogens (tertiary/aromatic N) is 2. The molecule has 0 radical (unpaired) electrons. The van der Waals surface area contributed by atoms with Gasteiger partial charge in [-0.3, -0.25) is 14.9 Å². The normalized spacial score (nSPS) is 13.2. The fraction of sp³-hybridized carbons (Fsp3) is 0.370. The summed E-state index contributed by atoms with van der Waals surface area (Å²) in [6, 6.07) is 12.0. The van der Waals surface area contributed by atoms with Crippen LogP contribution in [-0.2, 0) is 13.0 Å². The number of benzene rings is 2. The lowest BCUT2D eigenvalue weighted by Gasteiger charge is -2.20. The molecule has 1 aliphatic rings. The number of carbonyl (C=O) groups is 2. The van der Waals surface area contributed by atoms with Gasteiger partial charge in [-0.1, -0.05) is 32.0 Å². The van der Waals surface area contributed by atoms with Crippen molar-refractivity contribution >= 4 is 28.2 Å². The molecule has 0 aliphatic carbocycles. The minimum Gasteiger partial charge on any atom is -0.490 e. The number of anilines is 1. The number of rotatable bonds is 10. The van der Waals surface area contributed by atoms with Gasteiger partial charge in [-0.2, -0.15) is 0 Å². The van der Waals surface area contributed by atoms with Gasteiger partial charge in [-0.05, 0) is 44.2 Å². The molecule has 2 heterocycles. The van der Waals surface area contributed by atoms with Crippen LogP contribution in [0.4, 0.5) is 5.13 Å². The topological polar surface area (TPSA) is 80.8 Å². The second-order valence-corrected chi connectivity index (χ2v) is 9.65. The number of ether oxygens (including phenoxy) is 2. The lowest BCUT2D eigenvalue weighted by Crippen LogP contribution is -2.25. The Morgan fingerprint density at radius 3 is 2.49 bits per heavy atom. The Kier molecular flexibility index (Phi) is 8.15. The largest absolute Gasteiger partial charge is 0.490 e. The highest BCUT2D eigenvalue weighted by Gasteiger charge is 2.23. The maximum atomic E-state index is 13.5. The van der Waals surface area contributed by atoms with Crippen LogP contribution in [0.5, 0.6) is 11.5 Å². The van der Waals surface area contributed by atoms with E-state index < -0.39 is 0 Å². The molecular formula is C27H31N3O4S. The fourth-order valence-electron chi connectivity index (χ4n) is 3.88. The number of amides is 1. The van der Waals surface area contributed by atoms with Crippen LogP contribution in [0.15, 0.2) is 42.5 Å². The van der Waals surface area contributed by atoms with E-state index in [2.05, 4.69) is 22.2 Å². The maximum Gasteiger partial charge on any atom is 0.258 e. The summed E-state index contributed by atoms with van der Waals surface area (Å²) in [5.41, 5.74) is 2.12. The van der Waals surface area contributed by atoms with E-state index in [0.29, 0.717) is 46.5 Å². The van der Waals surface area contributed by atoms with Gasteiger partial charge in [0.15, 0.2) is 22.4 Å². The van der Waals surface area contributed by atoms with Crippen molar-refractivity contribution in [1.29, 1.82) is 0 Å². The molecule has 184 valence electrons. The zero-order valence-corrected chi connectivity index (χ0v) is 21.2. The Hall–Kier alpha value is -3.23. The first-order valence-corrected chi connectivity index (χ1v) is 12.8. The third-order valence-electron chi connectivity index (χ3n) is 5.69. The summed E-state index contributed by atoms with van der Waals surface area (Å²) in [7, 11) is 2.07. The van der Waals surface area contributed by atoms with Gasteiger partial charge in [0.1, 0.15) is 0 Å². The molecule has 0 saturated carbocycles. The molecule has 0 spiro atoms. The minimum atomic E-state index is -0.348. The summed E-state index contributed by atoms with van der Waals surface area (Å²) in [6.45, 7) is 6.92. The summed E-state index contributed by atoms with van der Waals surface area (Å²) < 4.78 is 11.6. The van der Waals surface area contributed by atoms with E-state index in [9.17, 15) is 9.59 Å². The minimum absolute atomic E-state index is 0.251. The zero-order valence-electron chi connectivity index (χ0n) is 20.4. The van der Waals surface area contributed by atoms with Crippen molar-refractivity contribution in [3.05, 3.63) is 69.7 Å². The summed E-state index contributed by atoms with van der Waals surface area (Å²) in [5.74, 6) is 0.547. The number of carbonyl (C=O) groups excluding carboxylic acids is 2. The van der Waals surface area contributed by atoms with Gasteiger partial charge >= 0.3 is 0 Å². The van der Waals surface area contributed by atoms with Crippen LogP contribution in [0, 0.1) is 0 Å². The molecule has 2 aromatic carbocycles. The van der Waals surface area contributed by atoms with Gasteiger partial charge in [0.2, 0.25) is 0 Å². The molecule has 35 heavy (non-hydrogen) atoms. The Balaban J connectivity index is 1.57. The van der Waals surface area contributed by atoms with E-state index in [1.165, 1.54) is 16.2 Å². The average molecular weight is 494 g/mol. The summed E-state index contributed by atoms with van der Waals surface area (Å²) in [4.78, 5) is 34.7. The second kappa shape index (κ2) is 11.5. The lowest BCUT2D eigenvalue weighted by molar-refractivity contribution is 0.0996. The van der Waals surface area contributed by atoms with Crippen molar-refractivity contribution in [2.75, 3.05) is 32.1 Å². The van der Waals surface area contributed by atoms with Crippen LogP contribution in [0.1, 0.15) is 63.5 Å². The molecule has 8 heteroatoms. The van der Waals surface area contributed by atoms with Gasteiger partial charge < -0.3 is 14.4 Å². The maximum absolute atomic E-state index is 13.5. The first-order valence-electron chi connectivity index (χ1n) is 12.0. The van der Waals surface area contributed by atoms with Crippen LogP contribution in [-0.4, -0.2) is 48.4 Å². The van der Waals surface area contributed by atoms with Crippen LogP contribution in [0.25, 0.3) is 0 Å². The van der Waals surface area contributed by atoms with Crippen molar-refractivity contribution in [2.24, 2.45) is 0 Å². The Bertz CT molecular complexity index is 1210. The van der Waals surface area contributed by atoms with Gasteiger partial charge in [-0.15, -0.1) is 11.3 Å². The highest BCUT2D eigenvalue weighted by atomic mass is 32.1. The van der Waals surface area contributed by atoms with E-state index in [1.54, 1.807) is 42.5 Å². The molecule has 0 saturated heterocycles. The Labute approximate surface area is 210 Å². The Morgan fingerprint density at radius 1 is 1.03 bits per heavy atom. The first kappa shape index (κ1) is 24.9. The number of nitrogens with one attached hydrogen (secondary N) is 1. The third-order valence-corrected chi connectivity index (χ3v) is 6.69. The SMILES string of the molecule is CCCOc1ccc(C(=O)c2ccccc2C(=O)Nc2nc3c(s2)CN(C)CC3)cc1OCCC. The molecule has 1 N–H and O–H groups in total. The predicted molar refractivity (Wildman–Crippen MR) is 138 cm³/mol. The summed E-state index contributed by atoms with van der Waals surface area (Å²) >= 11 is 1.49. The van der Waals surface area contributed by atoms with Gasteiger partial charge in [-0.25, -0.2) is 4.98 Å². The Morgan fingerprint density at radius 2 is 1.74 bits per heavy atom. The second-order valence-electron chi connectivity index (χ2n) is 8.56. The predicted octanol–water partition coefficient (Wildman–Crippen LogP) is 5.19. The average Bonchev–Trinajstić information content (AvgIpc) is 3.27. The number of fused-ring (bicyclic) bond motifs is 1. The van der Waals surface area contributed by atoms with Crippen LogP contribution in [0.2, 0.25) is 0 Å². The zero-order chi connectivity index (χ0) is 24.8. The molecule has 3 aromatic rings. The lowest BCUT2D eigenvalue weighted by atomic mass is 9.97. The number of hydrogen-bond acceptors (Lipinski definition) is 7. The molecule has 1 aromatic heterocycles. The van der Waals surface area contributed by atoms with E-state index >= 15 is 0 Å². The van der Waals surface area contributed by atoms with E-state index in [-0.39, 0.29) is 11.7 Å². The van der Waals surface area contributed by atoms with Gasteiger partial charge in [0.25, 0.3) is 5.91 Å². The number of thiazole rings is 1. The van der Waals surface area contributed by atoms with Crippen molar-refractivity contribution in [3.63, 3.8) is 0 Å². The van der Waals surface area contributed by atoms with Crippen molar-refractivity contribution in [1.82, 2.24) is 9.88 Å². The fourth-order valence-corrected chi connectivity index (χ4v) is 4.96. The quantitative estimate of drug-likeness (QED) is 0.392. The number of aromatic nitrogens is 1. The van der Waals surface area contributed by atoms with Gasteiger partial charge in [0, 0.05) is 35.5 Å². The highest BCUT2D eigenvalue weighted by Crippen LogP contribution is 2.31. The van der Waals surface area contributed by atoms with E-state index in [1.807, 2.05) is 13.8 Å².